The standard InChI is InChI=1S/C19H23BrN4O2S/c1-11-9-14(5-7-16(11)20)24-18(26)10-21-17(25)8-6-15-12(2)22-19(27-4)23-13(15)3/h5,7,9H,6,8,10H2,1-4H3,(H,21,25)(H,24,26). The maximum Gasteiger partial charge on any atom is 0.243 e. The van der Waals surface area contributed by atoms with Crippen molar-refractivity contribution in [1.29, 1.82) is 0 Å². The molecule has 0 aliphatic heterocycles. The van der Waals surface area contributed by atoms with Crippen molar-refractivity contribution >= 4 is 45.2 Å². The van der Waals surface area contributed by atoms with E-state index in [9.17, 15) is 9.59 Å². The number of amides is 2. The van der Waals surface area contributed by atoms with E-state index in [0.717, 1.165) is 32.1 Å². The van der Waals surface area contributed by atoms with E-state index in [1.54, 1.807) is 6.07 Å². The van der Waals surface area contributed by atoms with Gasteiger partial charge in [-0.1, -0.05) is 27.7 Å². The average Bonchev–Trinajstić information content (AvgIpc) is 2.62. The number of thioether (sulfide) groups is 1. The first kappa shape index (κ1) is 21.4. The van der Waals surface area contributed by atoms with Crippen LogP contribution in [0.1, 0.15) is 28.9 Å². The van der Waals surface area contributed by atoms with Crippen LogP contribution in [0.2, 0.25) is 0 Å². The van der Waals surface area contributed by atoms with Gasteiger partial charge < -0.3 is 10.6 Å². The van der Waals surface area contributed by atoms with Crippen LogP contribution < -0.4 is 10.6 Å². The molecule has 27 heavy (non-hydrogen) atoms. The maximum atomic E-state index is 12.1. The zero-order valence-electron chi connectivity index (χ0n) is 15.9. The van der Waals surface area contributed by atoms with Gasteiger partial charge in [0.25, 0.3) is 0 Å². The molecule has 2 rings (SSSR count). The molecule has 0 saturated heterocycles. The third-order valence-electron chi connectivity index (χ3n) is 4.07. The number of nitrogens with one attached hydrogen (secondary N) is 2. The van der Waals surface area contributed by atoms with Crippen LogP contribution in [0.4, 0.5) is 5.69 Å². The van der Waals surface area contributed by atoms with Crippen LogP contribution in [0.3, 0.4) is 0 Å². The van der Waals surface area contributed by atoms with Crippen LogP contribution in [0.25, 0.3) is 0 Å². The van der Waals surface area contributed by atoms with E-state index in [0.29, 0.717) is 12.1 Å². The Morgan fingerprint density at radius 3 is 2.37 bits per heavy atom. The summed E-state index contributed by atoms with van der Waals surface area (Å²) >= 11 is 4.92. The molecule has 0 fully saturated rings. The van der Waals surface area contributed by atoms with Crippen LogP contribution in [-0.4, -0.2) is 34.6 Å². The fourth-order valence-corrected chi connectivity index (χ4v) is 3.30. The molecule has 2 amide bonds. The van der Waals surface area contributed by atoms with Gasteiger partial charge in [-0.05, 0) is 62.8 Å². The van der Waals surface area contributed by atoms with Gasteiger partial charge in [-0.2, -0.15) is 0 Å². The Morgan fingerprint density at radius 2 is 1.78 bits per heavy atom. The lowest BCUT2D eigenvalue weighted by molar-refractivity contribution is -0.124. The molecule has 0 aliphatic rings. The van der Waals surface area contributed by atoms with Gasteiger partial charge in [0.05, 0.1) is 6.54 Å². The molecule has 0 bridgehead atoms. The molecule has 2 aromatic rings. The van der Waals surface area contributed by atoms with E-state index in [-0.39, 0.29) is 24.8 Å². The Bertz CT molecular complexity index is 835. The number of nitrogens with zero attached hydrogens (tertiary/aromatic N) is 2. The number of rotatable bonds is 7. The normalized spacial score (nSPS) is 10.6. The predicted octanol–water partition coefficient (Wildman–Crippen LogP) is 3.57. The Kier molecular flexibility index (Phi) is 7.79. The highest BCUT2D eigenvalue weighted by atomic mass is 79.9. The summed E-state index contributed by atoms with van der Waals surface area (Å²) < 4.78 is 0.980. The summed E-state index contributed by atoms with van der Waals surface area (Å²) in [6, 6.07) is 5.55. The molecular formula is C19H23BrN4O2S. The highest BCUT2D eigenvalue weighted by Crippen LogP contribution is 2.20. The highest BCUT2D eigenvalue weighted by Gasteiger charge is 2.11. The first-order valence-corrected chi connectivity index (χ1v) is 10.5. The Labute approximate surface area is 172 Å². The number of aryl methyl sites for hydroxylation is 3. The molecule has 144 valence electrons. The van der Waals surface area contributed by atoms with Gasteiger partial charge in [0.15, 0.2) is 5.16 Å². The van der Waals surface area contributed by atoms with Gasteiger partial charge in [-0.3, -0.25) is 9.59 Å². The summed E-state index contributed by atoms with van der Waals surface area (Å²) in [6.07, 6.45) is 2.77. The number of aromatic nitrogens is 2. The monoisotopic (exact) mass is 450 g/mol. The Morgan fingerprint density at radius 1 is 1.11 bits per heavy atom. The predicted molar refractivity (Wildman–Crippen MR) is 112 cm³/mol. The van der Waals surface area contributed by atoms with Crippen LogP contribution in [0.15, 0.2) is 27.8 Å². The minimum Gasteiger partial charge on any atom is -0.347 e. The molecule has 1 aromatic carbocycles. The number of hydrogen-bond donors (Lipinski definition) is 2. The van der Waals surface area contributed by atoms with Crippen molar-refractivity contribution in [2.45, 2.75) is 38.8 Å². The van der Waals surface area contributed by atoms with E-state index in [4.69, 9.17) is 0 Å². The first-order chi connectivity index (χ1) is 12.8. The number of carbonyl (C=O) groups excluding carboxylic acids is 2. The summed E-state index contributed by atoms with van der Waals surface area (Å²) in [5, 5.41) is 6.16. The zero-order chi connectivity index (χ0) is 20.0. The summed E-state index contributed by atoms with van der Waals surface area (Å²) in [6.45, 7) is 5.74. The second-order valence-electron chi connectivity index (χ2n) is 6.15. The van der Waals surface area contributed by atoms with Gasteiger partial charge in [0.2, 0.25) is 11.8 Å². The lowest BCUT2D eigenvalue weighted by Crippen LogP contribution is -2.33. The van der Waals surface area contributed by atoms with Gasteiger partial charge in [-0.25, -0.2) is 9.97 Å². The summed E-state index contributed by atoms with van der Waals surface area (Å²) in [5.41, 5.74) is 4.49. The van der Waals surface area contributed by atoms with E-state index >= 15 is 0 Å². The fraction of sp³-hybridized carbons (Fsp3) is 0.368. The van der Waals surface area contributed by atoms with Crippen molar-refractivity contribution in [2.75, 3.05) is 18.1 Å². The molecule has 0 unspecified atom stereocenters. The van der Waals surface area contributed by atoms with Crippen molar-refractivity contribution in [3.8, 4) is 0 Å². The molecule has 0 spiro atoms. The molecular weight excluding hydrogens is 428 g/mol. The maximum absolute atomic E-state index is 12.1. The molecule has 6 nitrogen and oxygen atoms in total. The molecule has 0 aliphatic carbocycles. The largest absolute Gasteiger partial charge is 0.347 e. The van der Waals surface area contributed by atoms with E-state index in [1.807, 2.05) is 39.2 Å². The van der Waals surface area contributed by atoms with Gasteiger partial charge >= 0.3 is 0 Å². The van der Waals surface area contributed by atoms with Crippen molar-refractivity contribution in [2.24, 2.45) is 0 Å². The number of hydrogen-bond acceptors (Lipinski definition) is 5. The SMILES string of the molecule is CSc1nc(C)c(CCC(=O)NCC(=O)Nc2ccc(Br)c(C)c2)c(C)n1. The highest BCUT2D eigenvalue weighted by molar-refractivity contribution is 9.10. The minimum atomic E-state index is -0.259. The molecule has 8 heteroatoms. The van der Waals surface area contributed by atoms with Crippen molar-refractivity contribution < 1.29 is 9.59 Å². The molecule has 1 heterocycles. The quantitative estimate of drug-likeness (QED) is 0.497. The van der Waals surface area contributed by atoms with Crippen LogP contribution >= 0.6 is 27.7 Å². The zero-order valence-corrected chi connectivity index (χ0v) is 18.3. The molecule has 2 N–H and O–H groups in total. The van der Waals surface area contributed by atoms with Crippen LogP contribution in [0, 0.1) is 20.8 Å². The van der Waals surface area contributed by atoms with Crippen molar-refractivity contribution in [3.05, 3.63) is 45.2 Å². The van der Waals surface area contributed by atoms with E-state index < -0.39 is 0 Å². The number of anilines is 1. The summed E-state index contributed by atoms with van der Waals surface area (Å²) in [7, 11) is 0. The van der Waals surface area contributed by atoms with E-state index in [2.05, 4.69) is 36.5 Å². The first-order valence-electron chi connectivity index (χ1n) is 8.51. The molecule has 0 radical (unpaired) electrons. The van der Waals surface area contributed by atoms with Crippen LogP contribution in [0.5, 0.6) is 0 Å². The van der Waals surface area contributed by atoms with Crippen molar-refractivity contribution in [1.82, 2.24) is 15.3 Å². The lowest BCUT2D eigenvalue weighted by Gasteiger charge is -2.11. The summed E-state index contributed by atoms with van der Waals surface area (Å²) in [5.74, 6) is -0.435. The second kappa shape index (κ2) is 9.85. The van der Waals surface area contributed by atoms with E-state index in [1.165, 1.54) is 11.8 Å². The lowest BCUT2D eigenvalue weighted by atomic mass is 10.1. The van der Waals surface area contributed by atoms with Gasteiger partial charge in [0, 0.05) is 28.0 Å². The number of benzene rings is 1. The minimum absolute atomic E-state index is 0.0617. The van der Waals surface area contributed by atoms with Crippen molar-refractivity contribution in [3.63, 3.8) is 0 Å². The van der Waals surface area contributed by atoms with Gasteiger partial charge in [0.1, 0.15) is 0 Å². The van der Waals surface area contributed by atoms with Crippen LogP contribution in [-0.2, 0) is 16.0 Å². The molecule has 0 atom stereocenters. The third kappa shape index (κ3) is 6.32. The second-order valence-corrected chi connectivity index (χ2v) is 7.78. The third-order valence-corrected chi connectivity index (χ3v) is 5.51. The Balaban J connectivity index is 1.82. The molecule has 1 aromatic heterocycles. The molecule has 0 saturated carbocycles. The fourth-order valence-electron chi connectivity index (χ4n) is 2.60. The summed E-state index contributed by atoms with van der Waals surface area (Å²) in [4.78, 5) is 32.9. The average molecular weight is 451 g/mol. The Hall–Kier alpha value is -1.93. The smallest absolute Gasteiger partial charge is 0.243 e. The topological polar surface area (TPSA) is 84.0 Å². The number of carbonyl (C=O) groups is 2. The number of halogens is 1. The van der Waals surface area contributed by atoms with Gasteiger partial charge in [-0.15, -0.1) is 0 Å².